The van der Waals surface area contributed by atoms with Gasteiger partial charge in [0.05, 0.1) is 4.90 Å². The quantitative estimate of drug-likeness (QED) is 0.763. The minimum Gasteiger partial charge on any atom is -0.310 e. The van der Waals surface area contributed by atoms with Gasteiger partial charge in [0.25, 0.3) is 0 Å². The monoisotopic (exact) mass is 437 g/mol. The third-order valence-corrected chi connectivity index (χ3v) is 8.07. The van der Waals surface area contributed by atoms with Gasteiger partial charge in [-0.2, -0.15) is 4.31 Å². The van der Waals surface area contributed by atoms with Crippen LogP contribution in [-0.4, -0.2) is 51.4 Å². The van der Waals surface area contributed by atoms with Crippen LogP contribution in [0.4, 0.5) is 5.82 Å². The van der Waals surface area contributed by atoms with Gasteiger partial charge in [0.15, 0.2) is 9.84 Å². The fourth-order valence-corrected chi connectivity index (χ4v) is 6.38. The molecular formula is C19H23N3O5S2. The Kier molecular flexibility index (Phi) is 6.06. The Hall–Kier alpha value is -2.30. The Morgan fingerprint density at radius 3 is 2.21 bits per heavy atom. The second-order valence-corrected chi connectivity index (χ2v) is 10.9. The van der Waals surface area contributed by atoms with Crippen molar-refractivity contribution in [3.8, 4) is 0 Å². The average Bonchev–Trinajstić information content (AvgIpc) is 2.67. The Bertz CT molecular complexity index is 1120. The van der Waals surface area contributed by atoms with Crippen molar-refractivity contribution in [3.05, 3.63) is 48.2 Å². The van der Waals surface area contributed by atoms with Crippen LogP contribution in [-0.2, 0) is 24.7 Å². The minimum atomic E-state index is -3.98. The Labute approximate surface area is 170 Å². The Balaban J connectivity index is 1.71. The summed E-state index contributed by atoms with van der Waals surface area (Å²) in [6, 6.07) is 10.9. The molecule has 0 atom stereocenters. The molecule has 156 valence electrons. The van der Waals surface area contributed by atoms with Crippen LogP contribution < -0.4 is 5.32 Å². The molecule has 2 aromatic rings. The van der Waals surface area contributed by atoms with Crippen LogP contribution in [0.1, 0.15) is 18.5 Å². The highest BCUT2D eigenvalue weighted by Gasteiger charge is 2.34. The van der Waals surface area contributed by atoms with E-state index in [-0.39, 0.29) is 34.7 Å². The second kappa shape index (κ2) is 8.21. The van der Waals surface area contributed by atoms with E-state index in [4.69, 9.17) is 0 Å². The van der Waals surface area contributed by atoms with E-state index in [1.807, 2.05) is 13.0 Å². The molecule has 3 rings (SSSR count). The molecule has 8 nitrogen and oxygen atoms in total. The number of rotatable bonds is 5. The summed E-state index contributed by atoms with van der Waals surface area (Å²) in [5.74, 6) is -0.0715. The molecule has 1 saturated heterocycles. The number of amides is 1. The van der Waals surface area contributed by atoms with Gasteiger partial charge >= 0.3 is 0 Å². The zero-order valence-electron chi connectivity index (χ0n) is 16.2. The molecule has 0 radical (unpaired) electrons. The van der Waals surface area contributed by atoms with Crippen LogP contribution in [0.3, 0.4) is 0 Å². The van der Waals surface area contributed by atoms with Crippen molar-refractivity contribution in [3.63, 3.8) is 0 Å². The summed E-state index contributed by atoms with van der Waals surface area (Å²) in [7, 11) is -7.67. The number of benzene rings is 1. The molecule has 1 aliphatic heterocycles. The topological polar surface area (TPSA) is 114 Å². The van der Waals surface area contributed by atoms with Crippen molar-refractivity contribution in [1.82, 2.24) is 9.29 Å². The minimum absolute atomic E-state index is 0.139. The highest BCUT2D eigenvalue weighted by Crippen LogP contribution is 2.28. The summed E-state index contributed by atoms with van der Waals surface area (Å²) in [6.07, 6.45) is 1.67. The van der Waals surface area contributed by atoms with Gasteiger partial charge in [0, 0.05) is 31.0 Å². The van der Waals surface area contributed by atoms with Crippen molar-refractivity contribution in [2.75, 3.05) is 24.7 Å². The highest BCUT2D eigenvalue weighted by molar-refractivity contribution is 7.93. The zero-order chi connectivity index (χ0) is 21.2. The predicted octanol–water partition coefficient (Wildman–Crippen LogP) is 1.83. The maximum Gasteiger partial charge on any atom is 0.244 e. The van der Waals surface area contributed by atoms with Gasteiger partial charge in [-0.1, -0.05) is 18.2 Å². The molecule has 0 saturated carbocycles. The van der Waals surface area contributed by atoms with E-state index in [0.717, 1.165) is 11.9 Å². The van der Waals surface area contributed by atoms with Gasteiger partial charge in [-0.3, -0.25) is 4.79 Å². The van der Waals surface area contributed by atoms with E-state index in [1.54, 1.807) is 12.1 Å². The number of sulfone groups is 1. The second-order valence-electron chi connectivity index (χ2n) is 7.05. The smallest absolute Gasteiger partial charge is 0.244 e. The fourth-order valence-electron chi connectivity index (χ4n) is 3.31. The molecule has 10 heteroatoms. The standard InChI is InChI=1S/C19H23N3O5S2/c1-14-6-5-9-18(20-14)21-19(23)15-10-12-22(13-11-15)29(26,27)17-8-4-3-7-16(17)28(2,24)25/h3-9,15H,10-13H2,1-2H3,(H,20,21,23). The first kappa shape index (κ1) is 21.4. The first-order valence-electron chi connectivity index (χ1n) is 9.13. The van der Waals surface area contributed by atoms with E-state index in [9.17, 15) is 21.6 Å². The van der Waals surface area contributed by atoms with Crippen LogP contribution in [0.25, 0.3) is 0 Å². The molecule has 1 aliphatic rings. The summed E-state index contributed by atoms with van der Waals surface area (Å²) in [5, 5.41) is 2.77. The van der Waals surface area contributed by atoms with E-state index < -0.39 is 19.9 Å². The van der Waals surface area contributed by atoms with Crippen molar-refractivity contribution in [2.45, 2.75) is 29.6 Å². The first-order chi connectivity index (χ1) is 13.6. The first-order valence-corrected chi connectivity index (χ1v) is 12.5. The number of hydrogen-bond acceptors (Lipinski definition) is 6. The maximum atomic E-state index is 13.0. The van der Waals surface area contributed by atoms with Crippen LogP contribution in [0.15, 0.2) is 52.3 Å². The molecule has 0 bridgehead atoms. The number of hydrogen-bond donors (Lipinski definition) is 1. The van der Waals surface area contributed by atoms with Crippen LogP contribution >= 0.6 is 0 Å². The lowest BCUT2D eigenvalue weighted by atomic mass is 9.97. The number of nitrogens with zero attached hydrogens (tertiary/aromatic N) is 2. The SMILES string of the molecule is Cc1cccc(NC(=O)C2CCN(S(=O)(=O)c3ccccc3S(C)(=O)=O)CC2)n1. The van der Waals surface area contributed by atoms with Gasteiger partial charge in [0.2, 0.25) is 15.9 Å². The highest BCUT2D eigenvalue weighted by atomic mass is 32.2. The molecule has 1 fully saturated rings. The Morgan fingerprint density at radius 2 is 1.62 bits per heavy atom. The van der Waals surface area contributed by atoms with Gasteiger partial charge in [0.1, 0.15) is 10.7 Å². The predicted molar refractivity (Wildman–Crippen MR) is 109 cm³/mol. The molecule has 0 unspecified atom stereocenters. The molecule has 1 N–H and O–H groups in total. The number of sulfonamides is 1. The molecule has 29 heavy (non-hydrogen) atoms. The zero-order valence-corrected chi connectivity index (χ0v) is 17.8. The van der Waals surface area contributed by atoms with Crippen LogP contribution in [0.2, 0.25) is 0 Å². The van der Waals surface area contributed by atoms with E-state index >= 15 is 0 Å². The van der Waals surface area contributed by atoms with Gasteiger partial charge < -0.3 is 5.32 Å². The van der Waals surface area contributed by atoms with Crippen molar-refractivity contribution in [2.24, 2.45) is 5.92 Å². The largest absolute Gasteiger partial charge is 0.310 e. The lowest BCUT2D eigenvalue weighted by Gasteiger charge is -2.30. The average molecular weight is 438 g/mol. The van der Waals surface area contributed by atoms with E-state index in [1.165, 1.54) is 28.6 Å². The summed E-state index contributed by atoms with van der Waals surface area (Å²) in [5.41, 5.74) is 0.785. The van der Waals surface area contributed by atoms with E-state index in [2.05, 4.69) is 10.3 Å². The number of carbonyl (C=O) groups is 1. The normalized spacial score (nSPS) is 16.5. The number of aromatic nitrogens is 1. The third kappa shape index (κ3) is 4.82. The number of anilines is 1. The van der Waals surface area contributed by atoms with Gasteiger partial charge in [-0.25, -0.2) is 21.8 Å². The summed E-state index contributed by atoms with van der Waals surface area (Å²) in [6.45, 7) is 2.10. The van der Waals surface area contributed by atoms with Crippen LogP contribution in [0, 0.1) is 12.8 Å². The number of carbonyl (C=O) groups excluding carboxylic acids is 1. The molecule has 1 aromatic heterocycles. The van der Waals surface area contributed by atoms with Crippen molar-refractivity contribution >= 4 is 31.6 Å². The number of piperidine rings is 1. The van der Waals surface area contributed by atoms with Gasteiger partial charge in [-0.05, 0) is 44.0 Å². The van der Waals surface area contributed by atoms with Gasteiger partial charge in [-0.15, -0.1) is 0 Å². The molecule has 1 aromatic carbocycles. The summed E-state index contributed by atoms with van der Waals surface area (Å²) in [4.78, 5) is 16.3. The lowest BCUT2D eigenvalue weighted by Crippen LogP contribution is -2.41. The Morgan fingerprint density at radius 1 is 1.00 bits per heavy atom. The maximum absolute atomic E-state index is 13.0. The number of aryl methyl sites for hydroxylation is 1. The molecular weight excluding hydrogens is 414 g/mol. The molecule has 0 aliphatic carbocycles. The van der Waals surface area contributed by atoms with E-state index in [0.29, 0.717) is 18.7 Å². The van der Waals surface area contributed by atoms with Crippen molar-refractivity contribution < 1.29 is 21.6 Å². The molecule has 2 heterocycles. The lowest BCUT2D eigenvalue weighted by molar-refractivity contribution is -0.120. The number of pyridine rings is 1. The summed E-state index contributed by atoms with van der Waals surface area (Å²) < 4.78 is 51.2. The van der Waals surface area contributed by atoms with Crippen LogP contribution in [0.5, 0.6) is 0 Å². The molecule has 0 spiro atoms. The fraction of sp³-hybridized carbons (Fsp3) is 0.368. The van der Waals surface area contributed by atoms with Crippen molar-refractivity contribution in [1.29, 1.82) is 0 Å². The molecule has 1 amide bonds. The third-order valence-electron chi connectivity index (χ3n) is 4.83. The summed E-state index contributed by atoms with van der Waals surface area (Å²) >= 11 is 0. The number of nitrogens with one attached hydrogen (secondary N) is 1.